The number of carbonyl (C=O) groups excluding carboxylic acids is 1. The second-order valence-corrected chi connectivity index (χ2v) is 4.10. The molecule has 0 saturated heterocycles. The zero-order chi connectivity index (χ0) is 15.6. The number of nitro groups is 1. The number of amides is 1. The highest BCUT2D eigenvalue weighted by atomic mass is 16.6. The minimum absolute atomic E-state index is 0.0370. The Bertz CT molecular complexity index is 737. The Morgan fingerprint density at radius 3 is 2.67 bits per heavy atom. The van der Waals surface area contributed by atoms with Gasteiger partial charge in [0, 0.05) is 7.05 Å². The largest absolute Gasteiger partial charge is 0.478 e. The van der Waals surface area contributed by atoms with Gasteiger partial charge in [0.25, 0.3) is 5.91 Å². The predicted molar refractivity (Wildman–Crippen MR) is 71.2 cm³/mol. The summed E-state index contributed by atoms with van der Waals surface area (Å²) in [4.78, 5) is 33.2. The second-order valence-electron chi connectivity index (χ2n) is 4.10. The Balaban J connectivity index is 2.35. The van der Waals surface area contributed by atoms with Crippen molar-refractivity contribution < 1.29 is 19.6 Å². The lowest BCUT2D eigenvalue weighted by Crippen LogP contribution is -2.16. The molecular formula is C12H10N4O5. The van der Waals surface area contributed by atoms with E-state index in [-0.39, 0.29) is 16.9 Å². The topological polar surface area (TPSA) is 127 Å². The smallest absolute Gasteiger partial charge is 0.337 e. The van der Waals surface area contributed by atoms with Crippen molar-refractivity contribution in [3.8, 4) is 0 Å². The number of nitrogens with one attached hydrogen (secondary N) is 1. The lowest BCUT2D eigenvalue weighted by molar-refractivity contribution is -0.385. The van der Waals surface area contributed by atoms with Gasteiger partial charge in [0.05, 0.1) is 16.2 Å². The van der Waals surface area contributed by atoms with Gasteiger partial charge in [0.15, 0.2) is 0 Å². The fraction of sp³-hybridized carbons (Fsp3) is 0.0833. The van der Waals surface area contributed by atoms with E-state index in [9.17, 15) is 19.7 Å². The summed E-state index contributed by atoms with van der Waals surface area (Å²) in [6, 6.07) is 5.73. The quantitative estimate of drug-likeness (QED) is 0.644. The van der Waals surface area contributed by atoms with E-state index in [4.69, 9.17) is 5.11 Å². The summed E-state index contributed by atoms with van der Waals surface area (Å²) in [6.45, 7) is 0. The van der Waals surface area contributed by atoms with Crippen LogP contribution in [0.2, 0.25) is 0 Å². The number of para-hydroxylation sites is 1. The maximum atomic E-state index is 12.0. The molecule has 2 aromatic rings. The number of carboxylic acid groups (broad SMARTS) is 1. The maximum Gasteiger partial charge on any atom is 0.337 e. The van der Waals surface area contributed by atoms with Gasteiger partial charge in [0.2, 0.25) is 5.69 Å². The number of anilines is 1. The highest BCUT2D eigenvalue weighted by Gasteiger charge is 2.25. The number of carbonyl (C=O) groups is 2. The number of aromatic nitrogens is 2. The summed E-state index contributed by atoms with van der Waals surface area (Å²) < 4.78 is 1.14. The van der Waals surface area contributed by atoms with Crippen molar-refractivity contribution in [1.82, 2.24) is 9.78 Å². The predicted octanol–water partition coefficient (Wildman–Crippen LogP) is 1.28. The molecule has 0 unspecified atom stereocenters. The Kier molecular flexibility index (Phi) is 3.65. The second kappa shape index (κ2) is 5.41. The molecule has 0 fully saturated rings. The number of rotatable bonds is 4. The number of aryl methyl sites for hydroxylation is 1. The fourth-order valence-corrected chi connectivity index (χ4v) is 1.73. The standard InChI is InChI=1S/C12H10N4O5/c1-15-6-9(16(20)21)10(14-15)11(17)13-8-5-3-2-4-7(8)12(18)19/h2-6H,1H3,(H,13,17)(H,18,19). The van der Waals surface area contributed by atoms with Crippen molar-refractivity contribution in [3.05, 3.63) is 51.8 Å². The molecule has 1 aromatic carbocycles. The molecule has 1 aromatic heterocycles. The first-order valence-corrected chi connectivity index (χ1v) is 5.72. The van der Waals surface area contributed by atoms with Crippen LogP contribution in [0.3, 0.4) is 0 Å². The van der Waals surface area contributed by atoms with Gasteiger partial charge in [-0.15, -0.1) is 0 Å². The molecule has 9 heteroatoms. The SMILES string of the molecule is Cn1cc([N+](=O)[O-])c(C(=O)Nc2ccccc2C(=O)O)n1. The normalized spacial score (nSPS) is 10.1. The van der Waals surface area contributed by atoms with E-state index in [2.05, 4.69) is 10.4 Å². The van der Waals surface area contributed by atoms with E-state index in [0.717, 1.165) is 10.9 Å². The van der Waals surface area contributed by atoms with Crippen LogP contribution in [-0.2, 0) is 7.05 Å². The molecule has 1 amide bonds. The number of carboxylic acids is 1. The molecule has 2 rings (SSSR count). The van der Waals surface area contributed by atoms with Crippen molar-refractivity contribution in [3.63, 3.8) is 0 Å². The number of nitrogens with zero attached hydrogens (tertiary/aromatic N) is 3. The Morgan fingerprint density at radius 2 is 2.05 bits per heavy atom. The lowest BCUT2D eigenvalue weighted by atomic mass is 10.1. The van der Waals surface area contributed by atoms with Crippen LogP contribution in [-0.4, -0.2) is 31.7 Å². The Hall–Kier alpha value is -3.23. The summed E-state index contributed by atoms with van der Waals surface area (Å²) in [6.07, 6.45) is 1.10. The molecule has 0 aliphatic heterocycles. The number of aromatic carboxylic acids is 1. The molecule has 1 heterocycles. The molecule has 21 heavy (non-hydrogen) atoms. The van der Waals surface area contributed by atoms with Gasteiger partial charge in [-0.2, -0.15) is 5.10 Å². The summed E-state index contributed by atoms with van der Waals surface area (Å²) in [5, 5.41) is 25.9. The van der Waals surface area contributed by atoms with Crippen LogP contribution in [0.25, 0.3) is 0 Å². The molecule has 0 atom stereocenters. The zero-order valence-electron chi connectivity index (χ0n) is 10.8. The van der Waals surface area contributed by atoms with Crippen molar-refractivity contribution >= 4 is 23.3 Å². The third-order valence-corrected chi connectivity index (χ3v) is 2.63. The fourth-order valence-electron chi connectivity index (χ4n) is 1.73. The third-order valence-electron chi connectivity index (χ3n) is 2.63. The van der Waals surface area contributed by atoms with Crippen LogP contribution in [0.1, 0.15) is 20.8 Å². The minimum Gasteiger partial charge on any atom is -0.478 e. The molecule has 0 radical (unpaired) electrons. The molecule has 108 valence electrons. The minimum atomic E-state index is -1.22. The average molecular weight is 290 g/mol. The van der Waals surface area contributed by atoms with Crippen LogP contribution in [0.4, 0.5) is 11.4 Å². The van der Waals surface area contributed by atoms with Gasteiger partial charge in [-0.25, -0.2) is 4.79 Å². The van der Waals surface area contributed by atoms with Crippen LogP contribution in [0.5, 0.6) is 0 Å². The van der Waals surface area contributed by atoms with Gasteiger partial charge in [-0.1, -0.05) is 12.1 Å². The molecule has 9 nitrogen and oxygen atoms in total. The maximum absolute atomic E-state index is 12.0. The summed E-state index contributed by atoms with van der Waals surface area (Å²) in [7, 11) is 1.44. The van der Waals surface area contributed by atoms with Crippen LogP contribution in [0, 0.1) is 10.1 Å². The molecule has 2 N–H and O–H groups in total. The first-order chi connectivity index (χ1) is 9.90. The van der Waals surface area contributed by atoms with Crippen LogP contribution >= 0.6 is 0 Å². The lowest BCUT2D eigenvalue weighted by Gasteiger charge is -2.06. The van der Waals surface area contributed by atoms with Crippen LogP contribution < -0.4 is 5.32 Å². The summed E-state index contributed by atoms with van der Waals surface area (Å²) in [5.74, 6) is -2.07. The molecule has 0 saturated carbocycles. The molecule has 0 aliphatic carbocycles. The number of hydrogen-bond donors (Lipinski definition) is 2. The highest BCUT2D eigenvalue weighted by Crippen LogP contribution is 2.20. The van der Waals surface area contributed by atoms with E-state index in [1.165, 1.54) is 31.3 Å². The Morgan fingerprint density at radius 1 is 1.38 bits per heavy atom. The first-order valence-electron chi connectivity index (χ1n) is 5.72. The average Bonchev–Trinajstić information content (AvgIpc) is 2.81. The van der Waals surface area contributed by atoms with E-state index in [0.29, 0.717) is 0 Å². The van der Waals surface area contributed by atoms with Crippen LogP contribution in [0.15, 0.2) is 30.5 Å². The van der Waals surface area contributed by atoms with Gasteiger partial charge in [-0.05, 0) is 12.1 Å². The highest BCUT2D eigenvalue weighted by molar-refractivity contribution is 6.08. The molecule has 0 bridgehead atoms. The summed E-state index contributed by atoms with van der Waals surface area (Å²) >= 11 is 0. The monoisotopic (exact) mass is 290 g/mol. The number of hydrogen-bond acceptors (Lipinski definition) is 5. The van der Waals surface area contributed by atoms with E-state index in [1.54, 1.807) is 0 Å². The van der Waals surface area contributed by atoms with Crippen molar-refractivity contribution in [2.45, 2.75) is 0 Å². The van der Waals surface area contributed by atoms with E-state index < -0.39 is 22.5 Å². The van der Waals surface area contributed by atoms with Gasteiger partial charge >= 0.3 is 11.7 Å². The third kappa shape index (κ3) is 2.86. The van der Waals surface area contributed by atoms with Gasteiger partial charge < -0.3 is 10.4 Å². The Labute approximate surface area is 118 Å². The first kappa shape index (κ1) is 14.2. The molecular weight excluding hydrogens is 280 g/mol. The number of benzene rings is 1. The van der Waals surface area contributed by atoms with E-state index >= 15 is 0 Å². The molecule has 0 spiro atoms. The van der Waals surface area contributed by atoms with Gasteiger partial charge in [0.1, 0.15) is 6.20 Å². The summed E-state index contributed by atoms with van der Waals surface area (Å²) in [5.41, 5.74) is -0.926. The van der Waals surface area contributed by atoms with E-state index in [1.807, 2.05) is 0 Å². The molecule has 0 aliphatic rings. The zero-order valence-corrected chi connectivity index (χ0v) is 10.8. The van der Waals surface area contributed by atoms with Crippen molar-refractivity contribution in [2.24, 2.45) is 7.05 Å². The van der Waals surface area contributed by atoms with Gasteiger partial charge in [-0.3, -0.25) is 19.6 Å². The van der Waals surface area contributed by atoms with Crippen molar-refractivity contribution in [2.75, 3.05) is 5.32 Å². The van der Waals surface area contributed by atoms with Crippen molar-refractivity contribution in [1.29, 1.82) is 0 Å².